The van der Waals surface area contributed by atoms with Gasteiger partial charge in [-0.3, -0.25) is 9.69 Å². The van der Waals surface area contributed by atoms with Gasteiger partial charge in [0.2, 0.25) is 5.91 Å². The van der Waals surface area contributed by atoms with Crippen molar-refractivity contribution < 1.29 is 9.21 Å². The number of carbonyl (C=O) groups excluding carboxylic acids is 1. The van der Waals surface area contributed by atoms with Crippen molar-refractivity contribution in [1.29, 1.82) is 0 Å². The van der Waals surface area contributed by atoms with Crippen LogP contribution >= 0.6 is 15.9 Å². The fourth-order valence-electron chi connectivity index (χ4n) is 1.85. The molecule has 88 valence electrons. The summed E-state index contributed by atoms with van der Waals surface area (Å²) < 4.78 is 6.18. The Kier molecular flexibility index (Phi) is 3.66. The summed E-state index contributed by atoms with van der Waals surface area (Å²) in [5, 5.41) is 2.89. The van der Waals surface area contributed by atoms with E-state index in [-0.39, 0.29) is 11.9 Å². The molecule has 0 unspecified atom stereocenters. The Morgan fingerprint density at radius 2 is 2.44 bits per heavy atom. The number of carbonyl (C=O) groups is 1. The fraction of sp³-hybridized carbons (Fsp3) is 0.545. The molecule has 1 atom stereocenters. The Hall–Kier alpha value is -0.810. The zero-order valence-corrected chi connectivity index (χ0v) is 10.8. The van der Waals surface area contributed by atoms with Crippen molar-refractivity contribution in [2.45, 2.75) is 25.9 Å². The second-order valence-corrected chi connectivity index (χ2v) is 4.78. The van der Waals surface area contributed by atoms with Crippen LogP contribution < -0.4 is 5.32 Å². The van der Waals surface area contributed by atoms with Gasteiger partial charge in [-0.15, -0.1) is 0 Å². The topological polar surface area (TPSA) is 45.5 Å². The van der Waals surface area contributed by atoms with Crippen LogP contribution in [0, 0.1) is 0 Å². The lowest BCUT2D eigenvalue weighted by Crippen LogP contribution is -2.41. The van der Waals surface area contributed by atoms with E-state index in [0.29, 0.717) is 6.54 Å². The molecule has 16 heavy (non-hydrogen) atoms. The number of amides is 1. The van der Waals surface area contributed by atoms with Crippen LogP contribution in [-0.2, 0) is 11.3 Å². The first-order valence-corrected chi connectivity index (χ1v) is 6.22. The molecule has 2 rings (SSSR count). The number of hydrogen-bond acceptors (Lipinski definition) is 3. The van der Waals surface area contributed by atoms with Crippen molar-refractivity contribution in [2.75, 3.05) is 13.1 Å². The smallest absolute Gasteiger partial charge is 0.237 e. The molecule has 5 heteroatoms. The first-order valence-electron chi connectivity index (χ1n) is 5.43. The van der Waals surface area contributed by atoms with E-state index in [2.05, 4.69) is 26.1 Å². The molecule has 1 saturated heterocycles. The molecular weight excluding hydrogens is 272 g/mol. The van der Waals surface area contributed by atoms with Gasteiger partial charge in [-0.25, -0.2) is 0 Å². The highest BCUT2D eigenvalue weighted by molar-refractivity contribution is 9.10. The van der Waals surface area contributed by atoms with Gasteiger partial charge in [-0.1, -0.05) is 0 Å². The summed E-state index contributed by atoms with van der Waals surface area (Å²) >= 11 is 3.27. The molecule has 2 heterocycles. The maximum absolute atomic E-state index is 11.6. The van der Waals surface area contributed by atoms with E-state index in [1.165, 1.54) is 0 Å². The van der Waals surface area contributed by atoms with Crippen LogP contribution in [0.25, 0.3) is 0 Å². The van der Waals surface area contributed by atoms with E-state index in [4.69, 9.17) is 4.42 Å². The van der Waals surface area contributed by atoms with Gasteiger partial charge in [0.25, 0.3) is 0 Å². The fourth-order valence-corrected chi connectivity index (χ4v) is 2.19. The minimum absolute atomic E-state index is 0.0913. The van der Waals surface area contributed by atoms with Crippen molar-refractivity contribution in [3.63, 3.8) is 0 Å². The third-order valence-corrected chi connectivity index (χ3v) is 3.26. The van der Waals surface area contributed by atoms with Gasteiger partial charge in [-0.2, -0.15) is 0 Å². The molecule has 1 amide bonds. The third kappa shape index (κ3) is 2.65. The Morgan fingerprint density at radius 3 is 3.12 bits per heavy atom. The minimum atomic E-state index is -0.0913. The van der Waals surface area contributed by atoms with Gasteiger partial charge in [0.05, 0.1) is 12.6 Å². The molecule has 0 radical (unpaired) electrons. The Morgan fingerprint density at radius 1 is 1.62 bits per heavy atom. The van der Waals surface area contributed by atoms with E-state index in [1.807, 2.05) is 19.1 Å². The van der Waals surface area contributed by atoms with Crippen LogP contribution in [0.5, 0.6) is 0 Å². The Balaban J connectivity index is 2.04. The molecule has 0 bridgehead atoms. The first kappa shape index (κ1) is 11.7. The monoisotopic (exact) mass is 286 g/mol. The predicted molar refractivity (Wildman–Crippen MR) is 63.9 cm³/mol. The highest BCUT2D eigenvalue weighted by Crippen LogP contribution is 2.17. The molecule has 0 aromatic carbocycles. The van der Waals surface area contributed by atoms with Crippen molar-refractivity contribution >= 4 is 21.8 Å². The summed E-state index contributed by atoms with van der Waals surface area (Å²) in [6.07, 6.45) is 0.984. The van der Waals surface area contributed by atoms with Crippen molar-refractivity contribution in [2.24, 2.45) is 0 Å². The molecule has 0 saturated carbocycles. The van der Waals surface area contributed by atoms with Crippen molar-refractivity contribution in [3.8, 4) is 0 Å². The van der Waals surface area contributed by atoms with Gasteiger partial charge in [0.15, 0.2) is 4.67 Å². The standard InChI is InChI=1S/C11H15BrN2O2/c1-8-11(15)13-5-2-6-14(8)7-9-3-4-10(12)16-9/h3-4,8H,2,5-7H2,1H3,(H,13,15)/t8-/m1/s1. The van der Waals surface area contributed by atoms with Gasteiger partial charge >= 0.3 is 0 Å². The van der Waals surface area contributed by atoms with E-state index in [0.717, 1.165) is 29.9 Å². The number of nitrogens with zero attached hydrogens (tertiary/aromatic N) is 1. The maximum atomic E-state index is 11.6. The van der Waals surface area contributed by atoms with E-state index >= 15 is 0 Å². The second kappa shape index (κ2) is 5.01. The van der Waals surface area contributed by atoms with Gasteiger partial charge in [0, 0.05) is 13.1 Å². The average molecular weight is 287 g/mol. The number of nitrogens with one attached hydrogen (secondary N) is 1. The van der Waals surface area contributed by atoms with Crippen LogP contribution in [0.15, 0.2) is 21.2 Å². The summed E-state index contributed by atoms with van der Waals surface area (Å²) in [7, 11) is 0. The van der Waals surface area contributed by atoms with Crippen LogP contribution in [0.2, 0.25) is 0 Å². The Labute approximate surface area is 103 Å². The number of rotatable bonds is 2. The summed E-state index contributed by atoms with van der Waals surface area (Å²) in [5.74, 6) is 0.983. The average Bonchev–Trinajstić information content (AvgIpc) is 2.60. The van der Waals surface area contributed by atoms with Gasteiger partial charge < -0.3 is 9.73 Å². The largest absolute Gasteiger partial charge is 0.453 e. The summed E-state index contributed by atoms with van der Waals surface area (Å²) in [6.45, 7) is 4.29. The van der Waals surface area contributed by atoms with Crippen LogP contribution in [0.1, 0.15) is 19.1 Å². The highest BCUT2D eigenvalue weighted by Gasteiger charge is 2.24. The number of halogens is 1. The summed E-state index contributed by atoms with van der Waals surface area (Å²) in [4.78, 5) is 13.8. The molecule has 0 spiro atoms. The lowest BCUT2D eigenvalue weighted by atomic mass is 10.2. The molecule has 1 aliphatic heterocycles. The third-order valence-electron chi connectivity index (χ3n) is 2.84. The van der Waals surface area contributed by atoms with Gasteiger partial charge in [0.1, 0.15) is 5.76 Å². The number of furan rings is 1. The molecule has 1 N–H and O–H groups in total. The maximum Gasteiger partial charge on any atom is 0.237 e. The highest BCUT2D eigenvalue weighted by atomic mass is 79.9. The quantitative estimate of drug-likeness (QED) is 0.901. The molecule has 0 aliphatic carbocycles. The summed E-state index contributed by atoms with van der Waals surface area (Å²) in [5.41, 5.74) is 0. The van der Waals surface area contributed by atoms with E-state index in [9.17, 15) is 4.79 Å². The number of hydrogen-bond donors (Lipinski definition) is 1. The van der Waals surface area contributed by atoms with Crippen molar-refractivity contribution in [1.82, 2.24) is 10.2 Å². The normalized spacial score (nSPS) is 22.9. The zero-order chi connectivity index (χ0) is 11.5. The Bertz CT molecular complexity index is 378. The second-order valence-electron chi connectivity index (χ2n) is 4.00. The first-order chi connectivity index (χ1) is 7.66. The van der Waals surface area contributed by atoms with E-state index in [1.54, 1.807) is 0 Å². The van der Waals surface area contributed by atoms with Crippen LogP contribution in [-0.4, -0.2) is 29.9 Å². The van der Waals surface area contributed by atoms with Gasteiger partial charge in [-0.05, 0) is 41.4 Å². The molecule has 1 aromatic rings. The SMILES string of the molecule is C[C@@H]1C(=O)NCCCN1Cc1ccc(Br)o1. The predicted octanol–water partition coefficient (Wildman–Crippen LogP) is 1.75. The molecule has 1 aliphatic rings. The minimum Gasteiger partial charge on any atom is -0.453 e. The molecular formula is C11H15BrN2O2. The summed E-state index contributed by atoms with van der Waals surface area (Å²) in [6, 6.07) is 3.71. The van der Waals surface area contributed by atoms with E-state index < -0.39 is 0 Å². The van der Waals surface area contributed by atoms with Crippen LogP contribution in [0.3, 0.4) is 0 Å². The lowest BCUT2D eigenvalue weighted by Gasteiger charge is -2.23. The zero-order valence-electron chi connectivity index (χ0n) is 9.20. The molecule has 1 aromatic heterocycles. The van der Waals surface area contributed by atoms with Crippen LogP contribution in [0.4, 0.5) is 0 Å². The molecule has 4 nitrogen and oxygen atoms in total. The lowest BCUT2D eigenvalue weighted by molar-refractivity contribution is -0.125. The van der Waals surface area contributed by atoms with Crippen molar-refractivity contribution in [3.05, 3.63) is 22.6 Å². The molecule has 1 fully saturated rings.